The number of nitrogens with zero attached hydrogens (tertiary/aromatic N) is 9. The van der Waals surface area contributed by atoms with Gasteiger partial charge in [-0.05, 0) is 103 Å². The molecule has 6 rings (SSSR count). The number of carbonyl (C=O) groups is 9. The molecule has 27 nitrogen and oxygen atoms in total. The highest BCUT2D eigenvalue weighted by atomic mass is 127. The molecular weight excluding hydrogens is 1330 g/mol. The number of unbranched alkanes of at least 4 members (excludes halogenated alkanes) is 2. The Bertz CT molecular complexity index is 2950. The van der Waals surface area contributed by atoms with Crippen LogP contribution in [-0.2, 0) is 49.5 Å². The normalized spacial score (nSPS) is 17.7. The Labute approximate surface area is 554 Å². The van der Waals surface area contributed by atoms with Gasteiger partial charge in [0.1, 0.15) is 11.8 Å². The molecule has 0 spiro atoms. The summed E-state index contributed by atoms with van der Waals surface area (Å²) in [5.41, 5.74) is 1.93. The van der Waals surface area contributed by atoms with Gasteiger partial charge in [-0.25, -0.2) is 8.78 Å². The molecule has 1 aromatic heterocycles. The minimum atomic E-state index is -3.05. The number of hydrogen-bond acceptors (Lipinski definition) is 18. The highest BCUT2D eigenvalue weighted by Crippen LogP contribution is 2.31. The summed E-state index contributed by atoms with van der Waals surface area (Å²) in [5, 5.41) is 40.5. The maximum absolute atomic E-state index is 14.1. The summed E-state index contributed by atoms with van der Waals surface area (Å²) in [4.78, 5) is 135. The van der Waals surface area contributed by atoms with Crippen molar-refractivity contribution in [1.29, 1.82) is 0 Å². The number of carboxylic acids is 3. The average Bonchev–Trinajstić information content (AvgIpc) is 1.86. The van der Waals surface area contributed by atoms with Gasteiger partial charge in [-0.3, -0.25) is 77.6 Å². The van der Waals surface area contributed by atoms with Gasteiger partial charge in [0, 0.05) is 152 Å². The molecule has 4 heterocycles. The Hall–Kier alpha value is -7.10. The number of ether oxygens (including phenoxy) is 2. The first-order valence-electron chi connectivity index (χ1n) is 31.7. The number of pyridine rings is 1. The van der Waals surface area contributed by atoms with Crippen molar-refractivity contribution in [3.8, 4) is 5.75 Å². The maximum atomic E-state index is 14.1. The van der Waals surface area contributed by atoms with E-state index in [1.807, 2.05) is 29.2 Å². The fourth-order valence-corrected chi connectivity index (χ4v) is 11.6. The summed E-state index contributed by atoms with van der Waals surface area (Å²) < 4.78 is 41.3. The number of nitrogens with one attached hydrogen (secondary N) is 4. The van der Waals surface area contributed by atoms with Crippen molar-refractivity contribution < 1.29 is 76.7 Å². The van der Waals surface area contributed by atoms with Crippen LogP contribution in [-0.4, -0.2) is 296 Å². The van der Waals surface area contributed by atoms with E-state index < -0.39 is 79.1 Å². The summed E-state index contributed by atoms with van der Waals surface area (Å²) in [6.45, 7) is 3.68. The molecule has 2 atom stereocenters. The van der Waals surface area contributed by atoms with E-state index >= 15 is 0 Å². The third kappa shape index (κ3) is 27.8. The highest BCUT2D eigenvalue weighted by Gasteiger charge is 2.46. The van der Waals surface area contributed by atoms with Gasteiger partial charge in [-0.1, -0.05) is 18.6 Å². The number of carboxylic acid groups (broad SMARTS) is 3. The van der Waals surface area contributed by atoms with E-state index in [-0.39, 0.29) is 129 Å². The monoisotopic (exact) mass is 1420 g/mol. The zero-order chi connectivity index (χ0) is 67.1. The molecule has 3 aliphatic rings. The largest absolute Gasteiger partial charge is 0.494 e. The Morgan fingerprint density at radius 3 is 1.92 bits per heavy atom. The number of aryl methyl sites for hydroxylation is 1. The average molecular weight is 1420 g/mol. The van der Waals surface area contributed by atoms with Crippen molar-refractivity contribution in [2.24, 2.45) is 4.99 Å². The molecule has 0 radical (unpaired) electrons. The Morgan fingerprint density at radius 2 is 1.30 bits per heavy atom. The summed E-state index contributed by atoms with van der Waals surface area (Å²) >= 11 is 2.24. The number of piperazine rings is 1. The van der Waals surface area contributed by atoms with Crippen LogP contribution in [0.1, 0.15) is 73.7 Å². The SMILES string of the molecule is CN=C[C@H]1CC(F)(F)CN1C(=O)CNC(=O)c1ccnc2ccc(OCCCN3CCN(C(=O)CCCCCNC(=O)C(CCOCCNC(=O)CCCc4ccc(I)cc4)NC(=O)CN4CCN(CC(=O)O)CCN(CC(=O)O)CCN(CC(=O)O)CC4)CC3)cc12. The van der Waals surface area contributed by atoms with E-state index in [2.05, 4.69) is 58.7 Å². The number of hydrogen-bond donors (Lipinski definition) is 7. The molecule has 512 valence electrons. The van der Waals surface area contributed by atoms with Gasteiger partial charge in [0.15, 0.2) is 0 Å². The zero-order valence-electron chi connectivity index (χ0n) is 53.0. The summed E-state index contributed by atoms with van der Waals surface area (Å²) in [7, 11) is 1.45. The highest BCUT2D eigenvalue weighted by molar-refractivity contribution is 14.1. The number of carbonyl (C=O) groups excluding carboxylic acids is 6. The van der Waals surface area contributed by atoms with Crippen LogP contribution < -0.4 is 26.0 Å². The number of amides is 6. The lowest BCUT2D eigenvalue weighted by atomic mass is 10.1. The number of aliphatic imine (C=N–C) groups is 1. The van der Waals surface area contributed by atoms with Crippen LogP contribution in [0.25, 0.3) is 10.9 Å². The molecule has 3 aromatic rings. The van der Waals surface area contributed by atoms with Crippen molar-refractivity contribution >= 4 is 93.1 Å². The van der Waals surface area contributed by atoms with Crippen LogP contribution in [0.2, 0.25) is 0 Å². The van der Waals surface area contributed by atoms with Crippen molar-refractivity contribution in [2.75, 3.05) is 164 Å². The first kappa shape index (κ1) is 74.9. The van der Waals surface area contributed by atoms with Gasteiger partial charge >= 0.3 is 17.9 Å². The summed E-state index contributed by atoms with van der Waals surface area (Å²) in [5.74, 6) is -7.99. The van der Waals surface area contributed by atoms with E-state index in [1.54, 1.807) is 37.8 Å². The first-order chi connectivity index (χ1) is 44.6. The van der Waals surface area contributed by atoms with Crippen LogP contribution >= 0.6 is 22.6 Å². The van der Waals surface area contributed by atoms with Crippen LogP contribution in [0.15, 0.2) is 59.7 Å². The van der Waals surface area contributed by atoms with Gasteiger partial charge in [-0.2, -0.15) is 0 Å². The molecule has 3 saturated heterocycles. The number of fused-ring (bicyclic) bond motifs is 1. The number of halogens is 3. The van der Waals surface area contributed by atoms with Crippen molar-refractivity contribution in [1.82, 2.24) is 60.6 Å². The molecular formula is C63H90F2IN13O14. The van der Waals surface area contributed by atoms with Crippen molar-refractivity contribution in [3.05, 3.63) is 69.4 Å². The Morgan fingerprint density at radius 1 is 0.677 bits per heavy atom. The van der Waals surface area contributed by atoms with Gasteiger partial charge < -0.3 is 55.9 Å². The maximum Gasteiger partial charge on any atom is 0.317 e. The van der Waals surface area contributed by atoms with Gasteiger partial charge in [-0.15, -0.1) is 0 Å². The molecule has 30 heteroatoms. The molecule has 0 saturated carbocycles. The smallest absolute Gasteiger partial charge is 0.317 e. The van der Waals surface area contributed by atoms with Crippen molar-refractivity contribution in [2.45, 2.75) is 82.2 Å². The number of benzene rings is 2. The topological polar surface area (TPSA) is 329 Å². The molecule has 0 bridgehead atoms. The number of alkyl halides is 2. The minimum Gasteiger partial charge on any atom is -0.494 e. The molecule has 7 N–H and O–H groups in total. The zero-order valence-corrected chi connectivity index (χ0v) is 55.1. The standard InChI is InChI=1S/C63H90F2IN13O14/c1-67-39-48-38-63(64,65)45-79(48)57(83)40-71-61(90)50-16-19-68-52-15-14-49(37-51(50)52)93-34-6-21-73-30-32-78(33-31-73)56(82)9-3-2-4-18-70-62(91)53(17-35-92-36-20-69-54(80)8-5-7-46-10-12-47(66)13-11-46)72-55(81)41-74-22-24-75(42-58(84)85)26-28-77(44-60(88)89)29-27-76(25-23-74)43-59(86)87/h10-16,19,37,39,48,53H,2-9,17-18,20-36,38,40-45H2,1H3,(H,69,80)(H,70,91)(H,71,90)(H,72,81)(H,84,85)(H,86,87)(H,88,89)/t48-,53?/m1/s1. The Balaban J connectivity index is 0.918. The predicted octanol–water partition coefficient (Wildman–Crippen LogP) is 1.60. The molecule has 2 aromatic carbocycles. The molecule has 6 amide bonds. The van der Waals surface area contributed by atoms with Crippen LogP contribution in [0.4, 0.5) is 8.78 Å². The fourth-order valence-electron chi connectivity index (χ4n) is 11.2. The fraction of sp³-hybridized carbons (Fsp3) is 0.603. The molecule has 93 heavy (non-hydrogen) atoms. The van der Waals surface area contributed by atoms with Crippen molar-refractivity contribution in [3.63, 3.8) is 0 Å². The second-order valence-corrected chi connectivity index (χ2v) is 24.7. The number of aromatic nitrogens is 1. The summed E-state index contributed by atoms with van der Waals surface area (Å²) in [6, 6.07) is 13.0. The third-order valence-corrected chi connectivity index (χ3v) is 16.9. The van der Waals surface area contributed by atoms with Gasteiger partial charge in [0.05, 0.1) is 69.6 Å². The van der Waals surface area contributed by atoms with E-state index in [4.69, 9.17) is 9.47 Å². The van der Waals surface area contributed by atoms with E-state index in [1.165, 1.54) is 25.5 Å². The third-order valence-electron chi connectivity index (χ3n) is 16.2. The Kier molecular flexibility index (Phi) is 31.9. The van der Waals surface area contributed by atoms with Crippen LogP contribution in [0.3, 0.4) is 0 Å². The lowest BCUT2D eigenvalue weighted by Crippen LogP contribution is -2.52. The summed E-state index contributed by atoms with van der Waals surface area (Å²) in [6.07, 6.45) is 6.98. The van der Waals surface area contributed by atoms with E-state index in [0.29, 0.717) is 94.4 Å². The molecule has 0 aliphatic carbocycles. The minimum absolute atomic E-state index is 0.0448. The predicted molar refractivity (Wildman–Crippen MR) is 349 cm³/mol. The van der Waals surface area contributed by atoms with E-state index in [9.17, 15) is 67.3 Å². The second-order valence-electron chi connectivity index (χ2n) is 23.4. The second kappa shape index (κ2) is 39.6. The first-order valence-corrected chi connectivity index (χ1v) is 32.8. The number of rotatable bonds is 35. The van der Waals surface area contributed by atoms with Crippen LogP contribution in [0.5, 0.6) is 5.75 Å². The quantitative estimate of drug-likeness (QED) is 0.0250. The lowest BCUT2D eigenvalue weighted by Gasteiger charge is -2.34. The molecule has 1 unspecified atom stereocenters. The molecule has 3 aliphatic heterocycles. The molecule has 3 fully saturated rings. The van der Waals surface area contributed by atoms with Crippen LogP contribution in [0, 0.1) is 3.57 Å². The van der Waals surface area contributed by atoms with E-state index in [0.717, 1.165) is 27.0 Å². The van der Waals surface area contributed by atoms with Gasteiger partial charge in [0.25, 0.3) is 11.8 Å². The lowest BCUT2D eigenvalue weighted by molar-refractivity contribution is -0.140. The van der Waals surface area contributed by atoms with Gasteiger partial charge in [0.2, 0.25) is 29.5 Å². The number of likely N-dealkylation sites (tertiary alicyclic amines) is 1. The number of aliphatic carboxylic acids is 3.